The van der Waals surface area contributed by atoms with Gasteiger partial charge in [-0.05, 0) is 31.4 Å². The van der Waals surface area contributed by atoms with Crippen LogP contribution in [-0.2, 0) is 4.79 Å². The molecule has 21 heavy (non-hydrogen) atoms. The zero-order valence-electron chi connectivity index (χ0n) is 12.4. The van der Waals surface area contributed by atoms with Crippen LogP contribution in [0.1, 0.15) is 29.6 Å². The Morgan fingerprint density at radius 2 is 2.14 bits per heavy atom. The van der Waals surface area contributed by atoms with Crippen molar-refractivity contribution in [2.45, 2.75) is 25.3 Å². The zero-order valence-corrected chi connectivity index (χ0v) is 12.4. The van der Waals surface area contributed by atoms with E-state index < -0.39 is 6.04 Å². The maximum Gasteiger partial charge on any atom is 0.256 e. The predicted molar refractivity (Wildman–Crippen MR) is 80.1 cm³/mol. The molecule has 2 rings (SSSR count). The van der Waals surface area contributed by atoms with Gasteiger partial charge in [0.15, 0.2) is 0 Å². The zero-order chi connectivity index (χ0) is 15.4. The highest BCUT2D eigenvalue weighted by Gasteiger charge is 2.33. The molecule has 1 saturated heterocycles. The number of nitrogens with two attached hydrogens (primary N) is 1. The minimum absolute atomic E-state index is 0.135. The molecule has 1 fully saturated rings. The van der Waals surface area contributed by atoms with E-state index in [9.17, 15) is 9.59 Å². The number of nitrogens with one attached hydrogen (secondary N) is 1. The highest BCUT2D eigenvalue weighted by molar-refractivity contribution is 6.02. The number of methoxy groups -OCH3 is 1. The molecule has 0 spiro atoms. The molecule has 6 heteroatoms. The minimum atomic E-state index is -0.429. The molecule has 0 saturated carbocycles. The van der Waals surface area contributed by atoms with E-state index in [1.54, 1.807) is 30.1 Å². The van der Waals surface area contributed by atoms with Gasteiger partial charge in [-0.2, -0.15) is 0 Å². The van der Waals surface area contributed by atoms with Gasteiger partial charge >= 0.3 is 0 Å². The second-order valence-corrected chi connectivity index (χ2v) is 5.05. The number of carbonyl (C=O) groups is 2. The smallest absolute Gasteiger partial charge is 0.256 e. The number of anilines is 1. The lowest BCUT2D eigenvalue weighted by molar-refractivity contribution is -0.126. The molecule has 1 aliphatic heterocycles. The van der Waals surface area contributed by atoms with Crippen molar-refractivity contribution in [3.05, 3.63) is 23.8 Å². The van der Waals surface area contributed by atoms with Crippen molar-refractivity contribution in [1.82, 2.24) is 10.2 Å². The SMILES string of the molecule is CNC(=O)C1CCCCN1C(=O)c1cccc(OC)c1N. The minimum Gasteiger partial charge on any atom is -0.495 e. The van der Waals surface area contributed by atoms with Crippen LogP contribution in [0.15, 0.2) is 18.2 Å². The van der Waals surface area contributed by atoms with Crippen molar-refractivity contribution < 1.29 is 14.3 Å². The van der Waals surface area contributed by atoms with Crippen molar-refractivity contribution in [3.8, 4) is 5.75 Å². The van der Waals surface area contributed by atoms with E-state index in [1.807, 2.05) is 0 Å². The summed E-state index contributed by atoms with van der Waals surface area (Å²) in [5.41, 5.74) is 6.67. The molecular weight excluding hydrogens is 270 g/mol. The molecule has 1 aromatic rings. The van der Waals surface area contributed by atoms with Crippen LogP contribution < -0.4 is 15.8 Å². The fourth-order valence-electron chi connectivity index (χ4n) is 2.68. The highest BCUT2D eigenvalue weighted by Crippen LogP contribution is 2.28. The number of benzene rings is 1. The number of rotatable bonds is 3. The first-order valence-corrected chi connectivity index (χ1v) is 7.05. The van der Waals surface area contributed by atoms with Gasteiger partial charge in [-0.3, -0.25) is 9.59 Å². The van der Waals surface area contributed by atoms with E-state index in [1.165, 1.54) is 7.11 Å². The lowest BCUT2D eigenvalue weighted by atomic mass is 9.99. The third kappa shape index (κ3) is 2.94. The molecule has 2 amide bonds. The summed E-state index contributed by atoms with van der Waals surface area (Å²) >= 11 is 0. The van der Waals surface area contributed by atoms with Gasteiger partial charge < -0.3 is 20.7 Å². The number of amides is 2. The number of likely N-dealkylation sites (tertiary alicyclic amines) is 1. The summed E-state index contributed by atoms with van der Waals surface area (Å²) in [5.74, 6) is 0.110. The molecule has 1 atom stereocenters. The van der Waals surface area contributed by atoms with Crippen LogP contribution >= 0.6 is 0 Å². The maximum atomic E-state index is 12.7. The van der Waals surface area contributed by atoms with Gasteiger partial charge in [0.1, 0.15) is 11.8 Å². The molecule has 114 valence electrons. The van der Waals surface area contributed by atoms with E-state index in [0.29, 0.717) is 30.0 Å². The first-order chi connectivity index (χ1) is 10.1. The number of nitrogen functional groups attached to an aromatic ring is 1. The van der Waals surface area contributed by atoms with Crippen LogP contribution in [0, 0.1) is 0 Å². The summed E-state index contributed by atoms with van der Waals surface area (Å²) in [4.78, 5) is 26.3. The number of ether oxygens (including phenoxy) is 1. The molecule has 0 aromatic heterocycles. The van der Waals surface area contributed by atoms with Gasteiger partial charge in [0.05, 0.1) is 18.4 Å². The Morgan fingerprint density at radius 1 is 1.38 bits per heavy atom. The average Bonchev–Trinajstić information content (AvgIpc) is 2.53. The first kappa shape index (κ1) is 15.2. The Morgan fingerprint density at radius 3 is 2.81 bits per heavy atom. The fraction of sp³-hybridized carbons (Fsp3) is 0.467. The van der Waals surface area contributed by atoms with Crippen molar-refractivity contribution >= 4 is 17.5 Å². The van der Waals surface area contributed by atoms with Crippen molar-refractivity contribution in [1.29, 1.82) is 0 Å². The normalized spacial score (nSPS) is 18.2. The van der Waals surface area contributed by atoms with Crippen molar-refractivity contribution in [3.63, 3.8) is 0 Å². The second-order valence-electron chi connectivity index (χ2n) is 5.05. The summed E-state index contributed by atoms with van der Waals surface area (Å²) in [6, 6.07) is 4.66. The van der Waals surface area contributed by atoms with Crippen LogP contribution in [-0.4, -0.2) is 43.5 Å². The quantitative estimate of drug-likeness (QED) is 0.814. The molecule has 0 radical (unpaired) electrons. The van der Waals surface area contributed by atoms with E-state index in [0.717, 1.165) is 12.8 Å². The number of carbonyl (C=O) groups excluding carboxylic acids is 2. The van der Waals surface area contributed by atoms with Crippen LogP contribution in [0.2, 0.25) is 0 Å². The monoisotopic (exact) mass is 291 g/mol. The summed E-state index contributed by atoms with van der Waals surface area (Å²) in [5, 5.41) is 2.62. The predicted octanol–water partition coefficient (Wildman–Crippen LogP) is 1.02. The first-order valence-electron chi connectivity index (χ1n) is 7.05. The molecule has 1 aromatic carbocycles. The van der Waals surface area contributed by atoms with E-state index >= 15 is 0 Å². The summed E-state index contributed by atoms with van der Waals surface area (Å²) in [6.45, 7) is 0.563. The standard InChI is InChI=1S/C15H21N3O3/c1-17-14(19)11-7-3-4-9-18(11)15(20)10-6-5-8-12(21-2)13(10)16/h5-6,8,11H,3-4,7,9,16H2,1-2H3,(H,17,19). The number of hydrogen-bond donors (Lipinski definition) is 2. The number of hydrogen-bond acceptors (Lipinski definition) is 4. The maximum absolute atomic E-state index is 12.7. The van der Waals surface area contributed by atoms with Crippen LogP contribution in [0.5, 0.6) is 5.75 Å². The van der Waals surface area contributed by atoms with Crippen molar-refractivity contribution in [2.75, 3.05) is 26.4 Å². The number of likely N-dealkylation sites (N-methyl/N-ethyl adjacent to an activating group) is 1. The van der Waals surface area contributed by atoms with Gasteiger partial charge in [-0.15, -0.1) is 0 Å². The number of nitrogens with zero attached hydrogens (tertiary/aromatic N) is 1. The molecule has 1 unspecified atom stereocenters. The van der Waals surface area contributed by atoms with Crippen molar-refractivity contribution in [2.24, 2.45) is 0 Å². The molecule has 0 aliphatic carbocycles. The second kappa shape index (κ2) is 6.47. The van der Waals surface area contributed by atoms with Crippen LogP contribution in [0.3, 0.4) is 0 Å². The van der Waals surface area contributed by atoms with Gasteiger partial charge in [-0.1, -0.05) is 6.07 Å². The number of para-hydroxylation sites is 1. The van der Waals surface area contributed by atoms with Crippen LogP contribution in [0.25, 0.3) is 0 Å². The Hall–Kier alpha value is -2.24. The van der Waals surface area contributed by atoms with Gasteiger partial charge in [-0.25, -0.2) is 0 Å². The molecule has 0 bridgehead atoms. The van der Waals surface area contributed by atoms with E-state index in [-0.39, 0.29) is 11.8 Å². The number of piperidine rings is 1. The molecule has 1 aliphatic rings. The topological polar surface area (TPSA) is 84.7 Å². The summed E-state index contributed by atoms with van der Waals surface area (Å²) < 4.78 is 5.14. The Balaban J connectivity index is 2.31. The highest BCUT2D eigenvalue weighted by atomic mass is 16.5. The average molecular weight is 291 g/mol. The summed E-state index contributed by atoms with van der Waals surface area (Å²) in [7, 11) is 3.09. The molecular formula is C15H21N3O3. The fourth-order valence-corrected chi connectivity index (χ4v) is 2.68. The Bertz CT molecular complexity index is 545. The third-order valence-electron chi connectivity index (χ3n) is 3.83. The van der Waals surface area contributed by atoms with Gasteiger partial charge in [0.25, 0.3) is 5.91 Å². The summed E-state index contributed by atoms with van der Waals surface area (Å²) in [6.07, 6.45) is 2.51. The molecule has 1 heterocycles. The third-order valence-corrected chi connectivity index (χ3v) is 3.83. The van der Waals surface area contributed by atoms with Gasteiger partial charge in [0.2, 0.25) is 5.91 Å². The molecule has 3 N–H and O–H groups in total. The Labute approximate surface area is 124 Å². The van der Waals surface area contributed by atoms with E-state index in [2.05, 4.69) is 5.32 Å². The lowest BCUT2D eigenvalue weighted by Gasteiger charge is -2.34. The lowest BCUT2D eigenvalue weighted by Crippen LogP contribution is -2.51. The van der Waals surface area contributed by atoms with E-state index in [4.69, 9.17) is 10.5 Å². The van der Waals surface area contributed by atoms with Gasteiger partial charge in [0, 0.05) is 13.6 Å². The molecule has 6 nitrogen and oxygen atoms in total. The largest absolute Gasteiger partial charge is 0.495 e. The Kier molecular flexibility index (Phi) is 4.67. The van der Waals surface area contributed by atoms with Crippen LogP contribution in [0.4, 0.5) is 5.69 Å².